The normalized spacial score (nSPS) is 11.5. The number of nitrogens with zero attached hydrogens (tertiary/aromatic N) is 2. The molecule has 2 N–H and O–H groups in total. The van der Waals surface area contributed by atoms with Crippen molar-refractivity contribution in [1.82, 2.24) is 14.9 Å². The third-order valence-corrected chi connectivity index (χ3v) is 5.78. The Hall–Kier alpha value is -1.56. The number of guanidine groups is 1. The fourth-order valence-electron chi connectivity index (χ4n) is 2.62. The van der Waals surface area contributed by atoms with Gasteiger partial charge in [0.15, 0.2) is 5.96 Å². The Balaban J connectivity index is 0.00000450. The average molecular weight is 567 g/mol. The molecule has 0 aromatic heterocycles. The minimum Gasteiger partial charge on any atom is -0.492 e. The van der Waals surface area contributed by atoms with E-state index in [-0.39, 0.29) is 29.7 Å². The molecule has 0 saturated carbocycles. The third kappa shape index (κ3) is 9.07. The molecule has 0 aliphatic carbocycles. The van der Waals surface area contributed by atoms with Crippen LogP contribution in [0.3, 0.4) is 0 Å². The van der Waals surface area contributed by atoms with E-state index in [2.05, 4.69) is 15.0 Å². The quantitative estimate of drug-likeness (QED) is 0.277. The molecule has 2 aromatic rings. The molecule has 0 bridgehead atoms. The van der Waals surface area contributed by atoms with Gasteiger partial charge in [-0.1, -0.05) is 35.9 Å². The maximum absolute atomic E-state index is 11.7. The Morgan fingerprint density at radius 1 is 1.17 bits per heavy atom. The van der Waals surface area contributed by atoms with Gasteiger partial charge in [-0.2, -0.15) is 0 Å². The molecule has 7 nitrogen and oxygen atoms in total. The van der Waals surface area contributed by atoms with Crippen molar-refractivity contribution < 1.29 is 13.2 Å². The molecule has 166 valence electrons. The SMILES string of the molecule is CN=C(NCc1cccc(CS(=O)(=O)NC)c1)N(C)CCOc1ccc(Cl)cc1.I. The summed E-state index contributed by atoms with van der Waals surface area (Å²) in [4.78, 5) is 6.25. The van der Waals surface area contributed by atoms with Crippen molar-refractivity contribution in [3.63, 3.8) is 0 Å². The van der Waals surface area contributed by atoms with Crippen LogP contribution in [0.25, 0.3) is 0 Å². The van der Waals surface area contributed by atoms with Gasteiger partial charge in [0.2, 0.25) is 10.0 Å². The Labute approximate surface area is 200 Å². The van der Waals surface area contributed by atoms with Crippen molar-refractivity contribution in [3.8, 4) is 5.75 Å². The number of hydrogen-bond acceptors (Lipinski definition) is 4. The monoisotopic (exact) mass is 566 g/mol. The van der Waals surface area contributed by atoms with Gasteiger partial charge >= 0.3 is 0 Å². The third-order valence-electron chi connectivity index (χ3n) is 4.19. The van der Waals surface area contributed by atoms with E-state index < -0.39 is 10.0 Å². The van der Waals surface area contributed by atoms with Crippen LogP contribution in [0.1, 0.15) is 11.1 Å². The predicted octanol–water partition coefficient (Wildman–Crippen LogP) is 3.09. The molecule has 0 heterocycles. The van der Waals surface area contributed by atoms with Crippen LogP contribution in [-0.4, -0.2) is 53.6 Å². The van der Waals surface area contributed by atoms with E-state index in [0.717, 1.165) is 22.8 Å². The fraction of sp³-hybridized carbons (Fsp3) is 0.350. The number of nitrogens with one attached hydrogen (secondary N) is 2. The predicted molar refractivity (Wildman–Crippen MR) is 133 cm³/mol. The van der Waals surface area contributed by atoms with Crippen LogP contribution in [0, 0.1) is 0 Å². The van der Waals surface area contributed by atoms with Crippen molar-refractivity contribution in [3.05, 3.63) is 64.7 Å². The molecule has 0 spiro atoms. The second kappa shape index (κ2) is 13.0. The Bertz CT molecular complexity index is 924. The van der Waals surface area contributed by atoms with Gasteiger partial charge in [0.25, 0.3) is 0 Å². The maximum Gasteiger partial charge on any atom is 0.215 e. The zero-order valence-electron chi connectivity index (χ0n) is 17.3. The number of halogens is 2. The second-order valence-electron chi connectivity index (χ2n) is 6.41. The largest absolute Gasteiger partial charge is 0.492 e. The van der Waals surface area contributed by atoms with E-state index >= 15 is 0 Å². The highest BCUT2D eigenvalue weighted by Gasteiger charge is 2.10. The summed E-state index contributed by atoms with van der Waals surface area (Å²) in [6.45, 7) is 1.67. The summed E-state index contributed by atoms with van der Waals surface area (Å²) < 4.78 is 31.5. The summed E-state index contributed by atoms with van der Waals surface area (Å²) in [6.07, 6.45) is 0. The molecule has 0 unspecified atom stereocenters. The molecular weight excluding hydrogens is 539 g/mol. The zero-order chi connectivity index (χ0) is 21.3. The lowest BCUT2D eigenvalue weighted by molar-refractivity contribution is 0.281. The number of benzene rings is 2. The first kappa shape index (κ1) is 26.5. The number of aliphatic imine (C=N–C) groups is 1. The van der Waals surface area contributed by atoms with Crippen LogP contribution < -0.4 is 14.8 Å². The van der Waals surface area contributed by atoms with Gasteiger partial charge in [0, 0.05) is 25.7 Å². The summed E-state index contributed by atoms with van der Waals surface area (Å²) >= 11 is 5.87. The molecule has 0 aliphatic rings. The van der Waals surface area contributed by atoms with E-state index in [1.165, 1.54) is 7.05 Å². The zero-order valence-corrected chi connectivity index (χ0v) is 21.2. The molecule has 0 atom stereocenters. The van der Waals surface area contributed by atoms with E-state index in [1.807, 2.05) is 42.3 Å². The van der Waals surface area contributed by atoms with Crippen molar-refractivity contribution in [2.24, 2.45) is 4.99 Å². The molecule has 10 heteroatoms. The lowest BCUT2D eigenvalue weighted by Crippen LogP contribution is -2.40. The van der Waals surface area contributed by atoms with E-state index in [1.54, 1.807) is 25.2 Å². The number of likely N-dealkylation sites (N-methyl/N-ethyl adjacent to an activating group) is 1. The van der Waals surface area contributed by atoms with Crippen LogP contribution in [0.4, 0.5) is 0 Å². The molecule has 0 aliphatic heterocycles. The van der Waals surface area contributed by atoms with Gasteiger partial charge in [-0.15, -0.1) is 24.0 Å². The topological polar surface area (TPSA) is 83.0 Å². The Kier molecular flexibility index (Phi) is 11.5. The minimum absolute atomic E-state index is 0. The highest BCUT2D eigenvalue weighted by Crippen LogP contribution is 2.15. The van der Waals surface area contributed by atoms with Gasteiger partial charge in [0.05, 0.1) is 12.3 Å². The molecule has 2 aromatic carbocycles. The first-order chi connectivity index (χ1) is 13.8. The molecule has 0 fully saturated rings. The minimum atomic E-state index is -3.30. The van der Waals surface area contributed by atoms with Crippen LogP contribution in [-0.2, 0) is 22.3 Å². The molecular formula is C20H28ClIN4O3S. The number of hydrogen-bond donors (Lipinski definition) is 2. The molecule has 0 radical (unpaired) electrons. The van der Waals surface area contributed by atoms with Gasteiger partial charge in [0.1, 0.15) is 12.4 Å². The van der Waals surface area contributed by atoms with Crippen LogP contribution in [0.5, 0.6) is 5.75 Å². The summed E-state index contributed by atoms with van der Waals surface area (Å²) in [5.74, 6) is 1.44. The summed E-state index contributed by atoms with van der Waals surface area (Å²) in [5.41, 5.74) is 1.71. The summed E-state index contributed by atoms with van der Waals surface area (Å²) in [6, 6.07) is 14.7. The van der Waals surface area contributed by atoms with Gasteiger partial charge in [-0.25, -0.2) is 13.1 Å². The van der Waals surface area contributed by atoms with Crippen molar-refractivity contribution in [2.45, 2.75) is 12.3 Å². The molecule has 2 rings (SSSR count). The first-order valence-electron chi connectivity index (χ1n) is 9.12. The Morgan fingerprint density at radius 3 is 2.47 bits per heavy atom. The van der Waals surface area contributed by atoms with Crippen LogP contribution >= 0.6 is 35.6 Å². The van der Waals surface area contributed by atoms with E-state index in [4.69, 9.17) is 16.3 Å². The maximum atomic E-state index is 11.7. The second-order valence-corrected chi connectivity index (χ2v) is 8.77. The average Bonchev–Trinajstić information content (AvgIpc) is 2.70. The fourth-order valence-corrected chi connectivity index (χ4v) is 3.51. The molecule has 0 saturated heterocycles. The smallest absolute Gasteiger partial charge is 0.215 e. The van der Waals surface area contributed by atoms with Crippen molar-refractivity contribution in [2.75, 3.05) is 34.3 Å². The standard InChI is InChI=1S/C20H27ClN4O3S.HI/c1-22-20(25(3)11-12-28-19-9-7-18(21)8-10-19)24-14-16-5-4-6-17(13-16)15-29(26,27)23-2;/h4-10,13,23H,11-12,14-15H2,1-3H3,(H,22,24);1H. The van der Waals surface area contributed by atoms with Crippen molar-refractivity contribution in [1.29, 1.82) is 0 Å². The van der Waals surface area contributed by atoms with Gasteiger partial charge in [-0.3, -0.25) is 4.99 Å². The van der Waals surface area contributed by atoms with Crippen LogP contribution in [0.15, 0.2) is 53.5 Å². The van der Waals surface area contributed by atoms with E-state index in [9.17, 15) is 8.42 Å². The highest BCUT2D eigenvalue weighted by molar-refractivity contribution is 14.0. The van der Waals surface area contributed by atoms with Gasteiger partial charge < -0.3 is 15.0 Å². The van der Waals surface area contributed by atoms with Crippen LogP contribution in [0.2, 0.25) is 5.02 Å². The molecule has 30 heavy (non-hydrogen) atoms. The molecule has 0 amide bonds. The van der Waals surface area contributed by atoms with Crippen molar-refractivity contribution >= 4 is 51.6 Å². The highest BCUT2D eigenvalue weighted by atomic mass is 127. The number of ether oxygens (including phenoxy) is 1. The number of rotatable bonds is 9. The summed E-state index contributed by atoms with van der Waals surface area (Å²) in [7, 11) is 1.76. The summed E-state index contributed by atoms with van der Waals surface area (Å²) in [5, 5.41) is 3.96. The lowest BCUT2D eigenvalue weighted by Gasteiger charge is -2.22. The van der Waals surface area contributed by atoms with E-state index in [0.29, 0.717) is 24.7 Å². The van der Waals surface area contributed by atoms with Gasteiger partial charge in [-0.05, 0) is 42.4 Å². The number of sulfonamides is 1. The first-order valence-corrected chi connectivity index (χ1v) is 11.1. The lowest BCUT2D eigenvalue weighted by atomic mass is 10.1. The Morgan fingerprint density at radius 2 is 1.83 bits per heavy atom.